The highest BCUT2D eigenvalue weighted by atomic mass is 32.2. The average molecular weight is 248 g/mol. The van der Waals surface area contributed by atoms with Crippen molar-refractivity contribution in [1.82, 2.24) is 4.90 Å². The number of amides is 1. The molecular formula is C12H28N2OS. The predicted molar refractivity (Wildman–Crippen MR) is 74.8 cm³/mol. The Morgan fingerprint density at radius 1 is 1.25 bits per heavy atom. The van der Waals surface area contributed by atoms with Gasteiger partial charge in [-0.3, -0.25) is 4.79 Å². The van der Waals surface area contributed by atoms with E-state index in [4.69, 9.17) is 5.73 Å². The molecule has 0 heterocycles. The monoisotopic (exact) mass is 248 g/mol. The molecular weight excluding hydrogens is 220 g/mol. The van der Waals surface area contributed by atoms with Crippen LogP contribution in [-0.2, 0) is 4.79 Å². The Hall–Kier alpha value is -0.220. The summed E-state index contributed by atoms with van der Waals surface area (Å²) in [5, 5.41) is 0. The van der Waals surface area contributed by atoms with Crippen LogP contribution >= 0.6 is 11.8 Å². The molecule has 0 saturated heterocycles. The van der Waals surface area contributed by atoms with E-state index in [0.717, 1.165) is 12.2 Å². The Morgan fingerprint density at radius 2 is 1.69 bits per heavy atom. The molecule has 0 aromatic heterocycles. The third kappa shape index (κ3) is 5.75. The second-order valence-electron chi connectivity index (χ2n) is 4.32. The zero-order chi connectivity index (χ0) is 12.0. The first-order valence-corrected chi connectivity index (χ1v) is 6.87. The summed E-state index contributed by atoms with van der Waals surface area (Å²) in [5.41, 5.74) is 5.88. The molecule has 0 aromatic carbocycles. The molecule has 0 spiro atoms. The standard InChI is InChI=1S/C11H24N2OS.CH4/c1-8(2)13(9(3)4)11(14)10(12)6-7-15-5;/h8-10H,6-7,12H2,1-5H3;1H4/t10-;/m1./s1. The molecule has 0 rings (SSSR count). The molecule has 16 heavy (non-hydrogen) atoms. The van der Waals surface area contributed by atoms with Crippen molar-refractivity contribution in [3.63, 3.8) is 0 Å². The van der Waals surface area contributed by atoms with E-state index in [1.165, 1.54) is 0 Å². The summed E-state index contributed by atoms with van der Waals surface area (Å²) in [7, 11) is 0. The summed E-state index contributed by atoms with van der Waals surface area (Å²) in [6.07, 6.45) is 2.79. The van der Waals surface area contributed by atoms with Gasteiger partial charge in [0, 0.05) is 12.1 Å². The van der Waals surface area contributed by atoms with E-state index in [-0.39, 0.29) is 31.5 Å². The zero-order valence-corrected chi connectivity index (χ0v) is 11.3. The lowest BCUT2D eigenvalue weighted by Gasteiger charge is -2.33. The summed E-state index contributed by atoms with van der Waals surface area (Å²) >= 11 is 1.73. The van der Waals surface area contributed by atoms with Gasteiger partial charge >= 0.3 is 0 Å². The lowest BCUT2D eigenvalue weighted by molar-refractivity contribution is -0.136. The van der Waals surface area contributed by atoms with Gasteiger partial charge < -0.3 is 10.6 Å². The molecule has 4 heteroatoms. The fourth-order valence-corrected chi connectivity index (χ4v) is 2.15. The topological polar surface area (TPSA) is 46.3 Å². The van der Waals surface area contributed by atoms with Crippen LogP contribution in [0.25, 0.3) is 0 Å². The minimum Gasteiger partial charge on any atom is -0.336 e. The van der Waals surface area contributed by atoms with E-state index < -0.39 is 0 Å². The lowest BCUT2D eigenvalue weighted by atomic mass is 10.1. The molecule has 1 amide bonds. The minimum absolute atomic E-state index is 0. The maximum absolute atomic E-state index is 12.0. The second kappa shape index (κ2) is 8.88. The normalized spacial score (nSPS) is 12.5. The van der Waals surface area contributed by atoms with Crippen molar-refractivity contribution >= 4 is 17.7 Å². The molecule has 0 fully saturated rings. The van der Waals surface area contributed by atoms with Crippen LogP contribution in [0, 0.1) is 0 Å². The van der Waals surface area contributed by atoms with Crippen LogP contribution in [0.15, 0.2) is 0 Å². The Morgan fingerprint density at radius 3 is 2.00 bits per heavy atom. The van der Waals surface area contributed by atoms with Crippen LogP contribution in [0.5, 0.6) is 0 Å². The summed E-state index contributed by atoms with van der Waals surface area (Å²) in [4.78, 5) is 13.9. The van der Waals surface area contributed by atoms with Gasteiger partial charge in [0.15, 0.2) is 0 Å². The van der Waals surface area contributed by atoms with Crippen LogP contribution in [0.3, 0.4) is 0 Å². The highest BCUT2D eigenvalue weighted by Crippen LogP contribution is 2.09. The number of carbonyl (C=O) groups is 1. The number of nitrogens with zero attached hydrogens (tertiary/aromatic N) is 1. The Balaban J connectivity index is 0. The summed E-state index contributed by atoms with van der Waals surface area (Å²) < 4.78 is 0. The van der Waals surface area contributed by atoms with E-state index in [1.807, 2.05) is 38.9 Å². The van der Waals surface area contributed by atoms with Gasteiger partial charge in [0.1, 0.15) is 0 Å². The molecule has 0 unspecified atom stereocenters. The van der Waals surface area contributed by atoms with Gasteiger partial charge in [0.05, 0.1) is 6.04 Å². The van der Waals surface area contributed by atoms with Gasteiger partial charge in [-0.1, -0.05) is 7.43 Å². The summed E-state index contributed by atoms with van der Waals surface area (Å²) in [6.45, 7) is 8.11. The minimum atomic E-state index is -0.345. The predicted octanol–water partition coefficient (Wildman–Crippen LogP) is 2.35. The van der Waals surface area contributed by atoms with Gasteiger partial charge in [0.2, 0.25) is 5.91 Å². The van der Waals surface area contributed by atoms with Crippen LogP contribution in [0.1, 0.15) is 41.5 Å². The molecule has 3 nitrogen and oxygen atoms in total. The van der Waals surface area contributed by atoms with Crippen LogP contribution in [0.4, 0.5) is 0 Å². The quantitative estimate of drug-likeness (QED) is 0.785. The molecule has 98 valence electrons. The van der Waals surface area contributed by atoms with Gasteiger partial charge in [-0.15, -0.1) is 0 Å². The Bertz CT molecular complexity index is 187. The second-order valence-corrected chi connectivity index (χ2v) is 5.31. The Kier molecular flexibility index (Phi) is 10.1. The van der Waals surface area contributed by atoms with Gasteiger partial charge in [-0.25, -0.2) is 0 Å². The third-order valence-corrected chi connectivity index (χ3v) is 2.96. The summed E-state index contributed by atoms with van der Waals surface area (Å²) in [6, 6.07) is 0.0953. The number of rotatable bonds is 6. The van der Waals surface area contributed by atoms with Crippen molar-refractivity contribution in [1.29, 1.82) is 0 Å². The van der Waals surface area contributed by atoms with Gasteiger partial charge in [-0.05, 0) is 46.1 Å². The molecule has 0 aliphatic heterocycles. The van der Waals surface area contributed by atoms with E-state index in [2.05, 4.69) is 0 Å². The number of thioether (sulfide) groups is 1. The number of carbonyl (C=O) groups excluding carboxylic acids is 1. The van der Waals surface area contributed by atoms with Crippen molar-refractivity contribution in [3.8, 4) is 0 Å². The van der Waals surface area contributed by atoms with Crippen molar-refractivity contribution in [2.45, 2.75) is 59.7 Å². The van der Waals surface area contributed by atoms with E-state index >= 15 is 0 Å². The maximum Gasteiger partial charge on any atom is 0.239 e. The molecule has 0 radical (unpaired) electrons. The Labute approximate surface area is 105 Å². The molecule has 0 aliphatic rings. The molecule has 0 saturated carbocycles. The van der Waals surface area contributed by atoms with Gasteiger partial charge in [0.25, 0.3) is 0 Å². The lowest BCUT2D eigenvalue weighted by Crippen LogP contribution is -2.50. The van der Waals surface area contributed by atoms with Crippen molar-refractivity contribution in [3.05, 3.63) is 0 Å². The summed E-state index contributed by atoms with van der Waals surface area (Å²) in [5.74, 6) is 1.02. The molecule has 0 bridgehead atoms. The first-order chi connectivity index (χ1) is 6.91. The van der Waals surface area contributed by atoms with Crippen molar-refractivity contribution in [2.24, 2.45) is 5.73 Å². The number of nitrogens with two attached hydrogens (primary N) is 1. The van der Waals surface area contributed by atoms with E-state index in [1.54, 1.807) is 11.8 Å². The van der Waals surface area contributed by atoms with Gasteiger partial charge in [-0.2, -0.15) is 11.8 Å². The average Bonchev–Trinajstić information content (AvgIpc) is 2.12. The molecule has 2 N–H and O–H groups in total. The first kappa shape index (κ1) is 18.2. The third-order valence-electron chi connectivity index (χ3n) is 2.32. The van der Waals surface area contributed by atoms with Crippen LogP contribution in [0.2, 0.25) is 0 Å². The largest absolute Gasteiger partial charge is 0.336 e. The maximum atomic E-state index is 12.0. The fourth-order valence-electron chi connectivity index (χ4n) is 1.67. The fraction of sp³-hybridized carbons (Fsp3) is 0.917. The number of hydrogen-bond acceptors (Lipinski definition) is 3. The highest BCUT2D eigenvalue weighted by molar-refractivity contribution is 7.98. The molecule has 0 aromatic rings. The molecule has 1 atom stereocenters. The van der Waals surface area contributed by atoms with E-state index in [9.17, 15) is 4.79 Å². The van der Waals surface area contributed by atoms with E-state index in [0.29, 0.717) is 0 Å². The smallest absolute Gasteiger partial charge is 0.239 e. The van der Waals surface area contributed by atoms with Crippen molar-refractivity contribution in [2.75, 3.05) is 12.0 Å². The molecule has 0 aliphatic carbocycles. The zero-order valence-electron chi connectivity index (χ0n) is 10.5. The first-order valence-electron chi connectivity index (χ1n) is 5.48. The highest BCUT2D eigenvalue weighted by Gasteiger charge is 2.24. The number of hydrogen-bond donors (Lipinski definition) is 1. The SMILES string of the molecule is C.CSCC[C@@H](N)C(=O)N(C(C)C)C(C)C. The van der Waals surface area contributed by atoms with Crippen molar-refractivity contribution < 1.29 is 4.79 Å². The van der Waals surface area contributed by atoms with Crippen LogP contribution < -0.4 is 5.73 Å². The van der Waals surface area contributed by atoms with Crippen LogP contribution in [-0.4, -0.2) is 40.9 Å².